The second-order valence-corrected chi connectivity index (χ2v) is 12.3. The van der Waals surface area contributed by atoms with Crippen LogP contribution in [0.25, 0.3) is 0 Å². The average Bonchev–Trinajstić information content (AvgIpc) is 3.40. The SMILES string of the molecule is C=C(C(=O)O)C(C)(C(C=C(C(=O)O)C(C)(C)C)=C(C(=O)O)C(C=C(CC)C(=O)O)(C=C(CCCO)C(=O)O)CCC)C1COC(=O)O1. The van der Waals surface area contributed by atoms with Gasteiger partial charge in [0.1, 0.15) is 6.61 Å². The molecule has 260 valence electrons. The van der Waals surface area contributed by atoms with Crippen molar-refractivity contribution in [2.75, 3.05) is 13.2 Å². The zero-order valence-electron chi connectivity index (χ0n) is 27.4. The van der Waals surface area contributed by atoms with Gasteiger partial charge >= 0.3 is 36.0 Å². The molecular weight excluding hydrogens is 620 g/mol. The van der Waals surface area contributed by atoms with Gasteiger partial charge in [0.15, 0.2) is 6.10 Å². The minimum absolute atomic E-state index is 0.0570. The summed E-state index contributed by atoms with van der Waals surface area (Å²) in [6.45, 7) is 11.4. The van der Waals surface area contributed by atoms with Crippen LogP contribution in [0.1, 0.15) is 73.6 Å². The van der Waals surface area contributed by atoms with Gasteiger partial charge < -0.3 is 40.1 Å². The van der Waals surface area contributed by atoms with Crippen LogP contribution in [0.2, 0.25) is 0 Å². The first-order chi connectivity index (χ1) is 21.6. The largest absolute Gasteiger partial charge is 0.508 e. The lowest BCUT2D eigenvalue weighted by Gasteiger charge is -2.40. The molecule has 0 saturated carbocycles. The summed E-state index contributed by atoms with van der Waals surface area (Å²) in [5, 5.41) is 61.1. The Morgan fingerprint density at radius 3 is 1.79 bits per heavy atom. The zero-order valence-corrected chi connectivity index (χ0v) is 27.4. The van der Waals surface area contributed by atoms with E-state index in [1.54, 1.807) is 6.92 Å². The molecule has 14 nitrogen and oxygen atoms in total. The molecule has 0 aromatic carbocycles. The normalized spacial score (nSPS) is 19.0. The molecule has 1 aliphatic heterocycles. The lowest BCUT2D eigenvalue weighted by Crippen LogP contribution is -2.43. The Morgan fingerprint density at radius 1 is 0.872 bits per heavy atom. The predicted octanol–water partition coefficient (Wildman–Crippen LogP) is 4.60. The third-order valence-corrected chi connectivity index (χ3v) is 8.02. The first kappa shape index (κ1) is 40.3. The van der Waals surface area contributed by atoms with Crippen molar-refractivity contribution in [3.05, 3.63) is 58.2 Å². The van der Waals surface area contributed by atoms with Gasteiger partial charge in [-0.3, -0.25) is 0 Å². The van der Waals surface area contributed by atoms with E-state index in [0.29, 0.717) is 0 Å². The minimum atomic E-state index is -2.25. The number of allylic oxidation sites excluding steroid dienone is 3. The molecule has 14 heteroatoms. The molecule has 47 heavy (non-hydrogen) atoms. The summed E-state index contributed by atoms with van der Waals surface area (Å²) in [4.78, 5) is 75.9. The highest BCUT2D eigenvalue weighted by atomic mass is 16.8. The van der Waals surface area contributed by atoms with Crippen LogP contribution in [-0.4, -0.2) is 86.0 Å². The number of aliphatic carboxylic acids is 5. The van der Waals surface area contributed by atoms with Gasteiger partial charge in [-0.25, -0.2) is 28.8 Å². The van der Waals surface area contributed by atoms with Crippen LogP contribution in [0.4, 0.5) is 4.79 Å². The maximum absolute atomic E-state index is 13.6. The van der Waals surface area contributed by atoms with E-state index in [-0.39, 0.29) is 37.7 Å². The number of cyclic esters (lactones) is 2. The van der Waals surface area contributed by atoms with Crippen molar-refractivity contribution in [1.29, 1.82) is 0 Å². The predicted molar refractivity (Wildman–Crippen MR) is 166 cm³/mol. The summed E-state index contributed by atoms with van der Waals surface area (Å²) in [5.41, 5.74) is -8.78. The number of carbonyl (C=O) groups is 6. The summed E-state index contributed by atoms with van der Waals surface area (Å²) in [7, 11) is 0. The highest BCUT2D eigenvalue weighted by Crippen LogP contribution is 2.51. The van der Waals surface area contributed by atoms with E-state index in [1.807, 2.05) is 0 Å². The molecule has 1 fully saturated rings. The van der Waals surface area contributed by atoms with Gasteiger partial charge in [-0.2, -0.15) is 0 Å². The summed E-state index contributed by atoms with van der Waals surface area (Å²) in [6, 6.07) is 0. The number of aliphatic hydroxyl groups excluding tert-OH is 1. The Bertz CT molecular complexity index is 1420. The third-order valence-electron chi connectivity index (χ3n) is 8.02. The van der Waals surface area contributed by atoms with Gasteiger partial charge in [0.25, 0.3) is 0 Å². The van der Waals surface area contributed by atoms with Crippen molar-refractivity contribution < 1.29 is 68.9 Å². The van der Waals surface area contributed by atoms with Gasteiger partial charge in [0.05, 0.1) is 11.0 Å². The summed E-state index contributed by atoms with van der Waals surface area (Å²) >= 11 is 0. The monoisotopic (exact) mass is 664 g/mol. The van der Waals surface area contributed by atoms with Crippen molar-refractivity contribution >= 4 is 36.0 Å². The topological polar surface area (TPSA) is 242 Å². The average molecular weight is 665 g/mol. The fourth-order valence-corrected chi connectivity index (χ4v) is 5.47. The molecule has 1 aliphatic rings. The maximum atomic E-state index is 13.6. The molecule has 6 N–H and O–H groups in total. The van der Waals surface area contributed by atoms with E-state index in [0.717, 1.165) is 18.2 Å². The summed E-state index contributed by atoms with van der Waals surface area (Å²) in [6.07, 6.45) is -0.351. The molecule has 0 amide bonds. The van der Waals surface area contributed by atoms with E-state index in [9.17, 15) is 59.4 Å². The summed E-state index contributed by atoms with van der Waals surface area (Å²) in [5.74, 6) is -7.91. The number of hydrogen-bond donors (Lipinski definition) is 6. The minimum Gasteiger partial charge on any atom is -0.478 e. The van der Waals surface area contributed by atoms with Gasteiger partial charge in [-0.05, 0) is 49.7 Å². The van der Waals surface area contributed by atoms with Gasteiger partial charge in [-0.1, -0.05) is 59.8 Å². The Kier molecular flexibility index (Phi) is 13.9. The highest BCUT2D eigenvalue weighted by Gasteiger charge is 2.52. The third kappa shape index (κ3) is 9.41. The standard InChI is InChI=1S/C33H44O14/c1-8-12-33(15-19(9-2)26(37)38,16-20(27(39)40)11-10-13-34)24(29(43)44)21(14-22(28(41)42)31(4,5)6)32(7,18(3)25(35)36)23-17-46-30(45)47-23/h14-16,23,34H,3,8-13,17H2,1-2,4-7H3,(H,35,36)(H,37,38)(H,39,40)(H,41,42)(H,43,44). The molecule has 0 bridgehead atoms. The van der Waals surface area contributed by atoms with Gasteiger partial charge in [-0.15, -0.1) is 0 Å². The number of hydrogen-bond acceptors (Lipinski definition) is 9. The van der Waals surface area contributed by atoms with Crippen LogP contribution in [0.3, 0.4) is 0 Å². The van der Waals surface area contributed by atoms with Crippen molar-refractivity contribution in [3.8, 4) is 0 Å². The van der Waals surface area contributed by atoms with E-state index >= 15 is 0 Å². The molecule has 0 aromatic heterocycles. The lowest BCUT2D eigenvalue weighted by molar-refractivity contribution is -0.135. The first-order valence-corrected chi connectivity index (χ1v) is 14.8. The Labute approximate surface area is 272 Å². The number of carboxylic acids is 5. The molecule has 3 atom stereocenters. The van der Waals surface area contributed by atoms with Crippen molar-refractivity contribution in [2.45, 2.75) is 79.8 Å². The second kappa shape index (κ2) is 16.2. The van der Waals surface area contributed by atoms with E-state index in [1.165, 1.54) is 34.6 Å². The van der Waals surface area contributed by atoms with Gasteiger partial charge in [0, 0.05) is 34.3 Å². The number of ether oxygens (including phenoxy) is 2. The van der Waals surface area contributed by atoms with E-state index in [2.05, 4.69) is 6.58 Å². The molecule has 0 spiro atoms. The quantitative estimate of drug-likeness (QED) is 0.0667. The second-order valence-electron chi connectivity index (χ2n) is 12.3. The van der Waals surface area contributed by atoms with Gasteiger partial charge in [0.2, 0.25) is 0 Å². The maximum Gasteiger partial charge on any atom is 0.508 e. The van der Waals surface area contributed by atoms with Crippen LogP contribution in [0.15, 0.2) is 58.2 Å². The molecule has 0 aliphatic carbocycles. The van der Waals surface area contributed by atoms with Crippen LogP contribution < -0.4 is 0 Å². The van der Waals surface area contributed by atoms with E-state index < -0.39 is 99.4 Å². The molecule has 1 heterocycles. The molecule has 1 saturated heterocycles. The number of carbonyl (C=O) groups excluding carboxylic acids is 1. The Balaban J connectivity index is 5.02. The fraction of sp³-hybridized carbons (Fsp3) is 0.515. The van der Waals surface area contributed by atoms with Crippen molar-refractivity contribution in [1.82, 2.24) is 0 Å². The molecular formula is C33H44O14. The van der Waals surface area contributed by atoms with E-state index in [4.69, 9.17) is 9.47 Å². The molecule has 0 aromatic rings. The Morgan fingerprint density at radius 2 is 1.43 bits per heavy atom. The Hall–Kier alpha value is -4.72. The van der Waals surface area contributed by atoms with Crippen molar-refractivity contribution in [2.24, 2.45) is 16.2 Å². The molecule has 0 radical (unpaired) electrons. The number of carboxylic acid groups (broad SMARTS) is 5. The van der Waals surface area contributed by atoms with Crippen molar-refractivity contribution in [3.63, 3.8) is 0 Å². The number of aliphatic hydroxyl groups is 1. The molecule has 1 rings (SSSR count). The molecule has 3 unspecified atom stereocenters. The van der Waals surface area contributed by atoms with Crippen LogP contribution in [0.5, 0.6) is 0 Å². The summed E-state index contributed by atoms with van der Waals surface area (Å²) < 4.78 is 10.2. The highest BCUT2D eigenvalue weighted by molar-refractivity contribution is 5.97. The first-order valence-electron chi connectivity index (χ1n) is 14.8. The fourth-order valence-electron chi connectivity index (χ4n) is 5.47. The smallest absolute Gasteiger partial charge is 0.478 e. The number of rotatable bonds is 18. The lowest BCUT2D eigenvalue weighted by atomic mass is 9.63. The van der Waals surface area contributed by atoms with Crippen LogP contribution in [-0.2, 0) is 33.4 Å². The zero-order chi connectivity index (χ0) is 36.5. The van der Waals surface area contributed by atoms with Crippen LogP contribution in [0, 0.1) is 16.2 Å². The van der Waals surface area contributed by atoms with Crippen LogP contribution >= 0.6 is 0 Å².